The maximum atomic E-state index is 12.9. The van der Waals surface area contributed by atoms with Crippen molar-refractivity contribution < 1.29 is 9.53 Å². The van der Waals surface area contributed by atoms with Crippen molar-refractivity contribution in [2.45, 2.75) is 57.9 Å². The number of aryl methyl sites for hydroxylation is 1. The van der Waals surface area contributed by atoms with Gasteiger partial charge in [-0.25, -0.2) is 4.98 Å². The highest BCUT2D eigenvalue weighted by Gasteiger charge is 2.34. The third-order valence-electron chi connectivity index (χ3n) is 7.42. The molecule has 1 aliphatic heterocycles. The molecule has 1 amide bonds. The molecule has 37 heavy (non-hydrogen) atoms. The standard InChI is InChI=1S/C31H34ClN3O2/c1-3-22(2)23-10-16-27(17-11-23)37-19-7-6-18-34-29-9-5-4-8-28(29)33-31(34)24-20-30(36)35(21-24)26-14-12-25(32)13-15-26/h4-5,8-17,22,24H,3,6-7,18-21H2,1-2H3. The average Bonchev–Trinajstić information content (AvgIpc) is 3.49. The summed E-state index contributed by atoms with van der Waals surface area (Å²) in [6, 6.07) is 24.2. The lowest BCUT2D eigenvalue weighted by Crippen LogP contribution is -2.24. The first-order valence-corrected chi connectivity index (χ1v) is 13.6. The van der Waals surface area contributed by atoms with Gasteiger partial charge >= 0.3 is 0 Å². The summed E-state index contributed by atoms with van der Waals surface area (Å²) < 4.78 is 8.32. The number of hydrogen-bond donors (Lipinski definition) is 0. The predicted molar refractivity (Wildman–Crippen MR) is 151 cm³/mol. The summed E-state index contributed by atoms with van der Waals surface area (Å²) in [4.78, 5) is 19.7. The molecule has 5 rings (SSSR count). The molecule has 0 aliphatic carbocycles. The van der Waals surface area contributed by atoms with Crippen LogP contribution in [-0.4, -0.2) is 28.6 Å². The Morgan fingerprint density at radius 3 is 2.54 bits per heavy atom. The summed E-state index contributed by atoms with van der Waals surface area (Å²) >= 11 is 6.05. The SMILES string of the molecule is CCC(C)c1ccc(OCCCCn2c(C3CC(=O)N(c4ccc(Cl)cc4)C3)nc3ccccc32)cc1. The van der Waals surface area contributed by atoms with Gasteiger partial charge in [0.2, 0.25) is 5.91 Å². The average molecular weight is 516 g/mol. The van der Waals surface area contributed by atoms with Crippen molar-refractivity contribution >= 4 is 34.2 Å². The number of imidazole rings is 1. The lowest BCUT2D eigenvalue weighted by atomic mass is 9.99. The predicted octanol–water partition coefficient (Wildman–Crippen LogP) is 7.58. The van der Waals surface area contributed by atoms with E-state index in [1.54, 1.807) is 0 Å². The van der Waals surface area contributed by atoms with Gasteiger partial charge < -0.3 is 14.2 Å². The highest BCUT2D eigenvalue weighted by molar-refractivity contribution is 6.30. The van der Waals surface area contributed by atoms with E-state index in [1.165, 1.54) is 5.56 Å². The summed E-state index contributed by atoms with van der Waals surface area (Å²) in [5.74, 6) is 2.66. The van der Waals surface area contributed by atoms with Crippen LogP contribution in [0.4, 0.5) is 5.69 Å². The van der Waals surface area contributed by atoms with Gasteiger partial charge in [0.1, 0.15) is 11.6 Å². The van der Waals surface area contributed by atoms with Crippen LogP contribution in [-0.2, 0) is 11.3 Å². The second kappa shape index (κ2) is 11.4. The lowest BCUT2D eigenvalue weighted by molar-refractivity contribution is -0.117. The van der Waals surface area contributed by atoms with E-state index in [0.29, 0.717) is 30.5 Å². The smallest absolute Gasteiger partial charge is 0.227 e. The molecule has 6 heteroatoms. The number of halogens is 1. The number of unbranched alkanes of at least 4 members (excludes halogenated alkanes) is 1. The number of hydrogen-bond acceptors (Lipinski definition) is 3. The normalized spacial score (nSPS) is 16.5. The quantitative estimate of drug-likeness (QED) is 0.204. The number of carbonyl (C=O) groups excluding carboxylic acids is 1. The molecule has 2 unspecified atom stereocenters. The van der Waals surface area contributed by atoms with Gasteiger partial charge in [-0.2, -0.15) is 0 Å². The van der Waals surface area contributed by atoms with Gasteiger partial charge in [-0.15, -0.1) is 0 Å². The Morgan fingerprint density at radius 1 is 1.03 bits per heavy atom. The summed E-state index contributed by atoms with van der Waals surface area (Å²) in [6.45, 7) is 6.61. The molecule has 2 atom stereocenters. The Kier molecular flexibility index (Phi) is 7.80. The number of amides is 1. The highest BCUT2D eigenvalue weighted by atomic mass is 35.5. The molecular formula is C31H34ClN3O2. The first-order chi connectivity index (χ1) is 18.0. The molecular weight excluding hydrogens is 482 g/mol. The number of benzene rings is 3. The van der Waals surface area contributed by atoms with Gasteiger partial charge in [0, 0.05) is 36.1 Å². The fourth-order valence-electron chi connectivity index (χ4n) is 5.08. The molecule has 192 valence electrons. The Hall–Kier alpha value is -3.31. The van der Waals surface area contributed by atoms with Crippen molar-refractivity contribution in [3.8, 4) is 5.75 Å². The van der Waals surface area contributed by atoms with Gasteiger partial charge in [-0.3, -0.25) is 4.79 Å². The van der Waals surface area contributed by atoms with E-state index in [1.807, 2.05) is 35.2 Å². The van der Waals surface area contributed by atoms with E-state index >= 15 is 0 Å². The van der Waals surface area contributed by atoms with Crippen LogP contribution < -0.4 is 9.64 Å². The van der Waals surface area contributed by atoms with E-state index < -0.39 is 0 Å². The fourth-order valence-corrected chi connectivity index (χ4v) is 5.21. The summed E-state index contributed by atoms with van der Waals surface area (Å²) in [6.07, 6.45) is 3.51. The Bertz CT molecular complexity index is 1350. The first-order valence-electron chi connectivity index (χ1n) is 13.3. The Morgan fingerprint density at radius 2 is 1.78 bits per heavy atom. The topological polar surface area (TPSA) is 47.4 Å². The van der Waals surface area contributed by atoms with Gasteiger partial charge in [-0.1, -0.05) is 49.7 Å². The molecule has 0 spiro atoms. The van der Waals surface area contributed by atoms with Crippen LogP contribution in [0.1, 0.15) is 62.8 Å². The number of rotatable bonds is 10. The van der Waals surface area contributed by atoms with Crippen LogP contribution in [0.15, 0.2) is 72.8 Å². The Labute approximate surface area is 224 Å². The molecule has 1 saturated heterocycles. The largest absolute Gasteiger partial charge is 0.494 e. The molecule has 3 aromatic carbocycles. The van der Waals surface area contributed by atoms with Gasteiger partial charge in [0.15, 0.2) is 0 Å². The third-order valence-corrected chi connectivity index (χ3v) is 7.67. The van der Waals surface area contributed by atoms with E-state index in [2.05, 4.69) is 60.9 Å². The number of carbonyl (C=O) groups is 1. The van der Waals surface area contributed by atoms with Gasteiger partial charge in [-0.05, 0) is 79.3 Å². The second-order valence-electron chi connectivity index (χ2n) is 9.93. The maximum absolute atomic E-state index is 12.9. The number of ether oxygens (including phenoxy) is 1. The molecule has 2 heterocycles. The van der Waals surface area contributed by atoms with E-state index in [4.69, 9.17) is 21.3 Å². The Balaban J connectivity index is 1.23. The molecule has 0 radical (unpaired) electrons. The van der Waals surface area contributed by atoms with Crippen LogP contribution in [0, 0.1) is 0 Å². The molecule has 5 nitrogen and oxygen atoms in total. The van der Waals surface area contributed by atoms with Crippen molar-refractivity contribution in [2.24, 2.45) is 0 Å². The van der Waals surface area contributed by atoms with Crippen molar-refractivity contribution in [1.29, 1.82) is 0 Å². The highest BCUT2D eigenvalue weighted by Crippen LogP contribution is 2.34. The molecule has 0 saturated carbocycles. The second-order valence-corrected chi connectivity index (χ2v) is 10.4. The molecule has 0 N–H and O–H groups in total. The zero-order chi connectivity index (χ0) is 25.8. The monoisotopic (exact) mass is 515 g/mol. The maximum Gasteiger partial charge on any atom is 0.227 e. The van der Waals surface area contributed by atoms with Gasteiger partial charge in [0.25, 0.3) is 0 Å². The number of para-hydroxylation sites is 2. The summed E-state index contributed by atoms with van der Waals surface area (Å²) in [7, 11) is 0. The number of anilines is 1. The minimum Gasteiger partial charge on any atom is -0.494 e. The van der Waals surface area contributed by atoms with E-state index in [-0.39, 0.29) is 11.8 Å². The molecule has 1 aliphatic rings. The molecule has 1 aromatic heterocycles. The minimum atomic E-state index is 0.0517. The zero-order valence-corrected chi connectivity index (χ0v) is 22.3. The fraction of sp³-hybridized carbons (Fsp3) is 0.355. The van der Waals surface area contributed by atoms with Crippen molar-refractivity contribution in [2.75, 3.05) is 18.1 Å². The number of aromatic nitrogens is 2. The number of nitrogens with zero attached hydrogens (tertiary/aromatic N) is 3. The number of fused-ring (bicyclic) bond motifs is 1. The van der Waals surface area contributed by atoms with Crippen molar-refractivity contribution in [3.05, 3.63) is 89.2 Å². The minimum absolute atomic E-state index is 0.0517. The van der Waals surface area contributed by atoms with Crippen LogP contribution in [0.2, 0.25) is 5.02 Å². The van der Waals surface area contributed by atoms with E-state index in [9.17, 15) is 4.79 Å². The third kappa shape index (κ3) is 5.67. The van der Waals surface area contributed by atoms with Crippen molar-refractivity contribution in [3.63, 3.8) is 0 Å². The van der Waals surface area contributed by atoms with Gasteiger partial charge in [0.05, 0.1) is 17.6 Å². The first kappa shape index (κ1) is 25.3. The molecule has 4 aromatic rings. The molecule has 0 bridgehead atoms. The van der Waals surface area contributed by atoms with Crippen LogP contribution in [0.5, 0.6) is 5.75 Å². The van der Waals surface area contributed by atoms with Crippen LogP contribution in [0.25, 0.3) is 11.0 Å². The summed E-state index contributed by atoms with van der Waals surface area (Å²) in [5.41, 5.74) is 4.34. The zero-order valence-electron chi connectivity index (χ0n) is 21.6. The van der Waals surface area contributed by atoms with E-state index in [0.717, 1.165) is 54.1 Å². The van der Waals surface area contributed by atoms with Crippen LogP contribution in [0.3, 0.4) is 0 Å². The van der Waals surface area contributed by atoms with Crippen molar-refractivity contribution in [1.82, 2.24) is 9.55 Å². The molecule has 1 fully saturated rings. The lowest BCUT2D eigenvalue weighted by Gasteiger charge is -2.17. The van der Waals surface area contributed by atoms with Crippen LogP contribution >= 0.6 is 11.6 Å². The summed E-state index contributed by atoms with van der Waals surface area (Å²) in [5, 5.41) is 0.667.